The van der Waals surface area contributed by atoms with Crippen molar-refractivity contribution in [1.29, 1.82) is 0 Å². The second-order valence-electron chi connectivity index (χ2n) is 6.62. The zero-order valence-electron chi connectivity index (χ0n) is 14.2. The van der Waals surface area contributed by atoms with Gasteiger partial charge in [0.2, 0.25) is 0 Å². The molecule has 2 heterocycles. The monoisotopic (exact) mass is 312 g/mol. The van der Waals surface area contributed by atoms with Gasteiger partial charge < -0.3 is 14.0 Å². The van der Waals surface area contributed by atoms with Gasteiger partial charge in [-0.1, -0.05) is 12.1 Å². The van der Waals surface area contributed by atoms with Crippen molar-refractivity contribution in [2.75, 3.05) is 7.11 Å². The van der Waals surface area contributed by atoms with Gasteiger partial charge in [0.05, 0.1) is 35.8 Å². The minimum Gasteiger partial charge on any atom is -0.496 e. The maximum absolute atomic E-state index is 6.04. The first-order valence-electron chi connectivity index (χ1n) is 7.65. The lowest BCUT2D eigenvalue weighted by Gasteiger charge is -2.32. The van der Waals surface area contributed by atoms with Crippen LogP contribution in [-0.4, -0.2) is 35.4 Å². The molecule has 0 N–H and O–H groups in total. The third-order valence-corrected chi connectivity index (χ3v) is 4.53. The van der Waals surface area contributed by atoms with Gasteiger partial charge in [-0.2, -0.15) is 0 Å². The Kier molecular flexibility index (Phi) is 3.90. The number of methoxy groups -OCH3 is 1. The summed E-state index contributed by atoms with van der Waals surface area (Å²) in [6.07, 6.45) is 3.40. The molecular formula is C17H21BN2O3. The summed E-state index contributed by atoms with van der Waals surface area (Å²) >= 11 is 0. The fourth-order valence-corrected chi connectivity index (χ4v) is 2.44. The van der Waals surface area contributed by atoms with E-state index in [9.17, 15) is 0 Å². The van der Waals surface area contributed by atoms with Crippen molar-refractivity contribution in [3.8, 4) is 17.0 Å². The highest BCUT2D eigenvalue weighted by Crippen LogP contribution is 2.36. The average molecular weight is 312 g/mol. The highest BCUT2D eigenvalue weighted by atomic mass is 16.7. The molecule has 1 aliphatic rings. The van der Waals surface area contributed by atoms with Crippen LogP contribution in [0.4, 0.5) is 0 Å². The van der Waals surface area contributed by atoms with E-state index in [-0.39, 0.29) is 0 Å². The Morgan fingerprint density at radius 1 is 1.00 bits per heavy atom. The Morgan fingerprint density at radius 2 is 1.65 bits per heavy atom. The lowest BCUT2D eigenvalue weighted by atomic mass is 9.85. The van der Waals surface area contributed by atoms with E-state index in [0.717, 1.165) is 17.0 Å². The summed E-state index contributed by atoms with van der Waals surface area (Å²) in [5, 5.41) is 0. The average Bonchev–Trinajstić information content (AvgIpc) is 2.75. The lowest BCUT2D eigenvalue weighted by molar-refractivity contribution is 0.00578. The molecule has 6 heteroatoms. The zero-order valence-corrected chi connectivity index (χ0v) is 14.2. The van der Waals surface area contributed by atoms with Crippen LogP contribution < -0.4 is 10.3 Å². The summed E-state index contributed by atoms with van der Waals surface area (Å²) in [7, 11) is 1.12. The van der Waals surface area contributed by atoms with E-state index in [0.29, 0.717) is 5.59 Å². The van der Waals surface area contributed by atoms with Crippen LogP contribution in [0.25, 0.3) is 11.3 Å². The second-order valence-corrected chi connectivity index (χ2v) is 6.62. The molecule has 1 aliphatic heterocycles. The van der Waals surface area contributed by atoms with Crippen molar-refractivity contribution in [3.05, 3.63) is 36.7 Å². The van der Waals surface area contributed by atoms with Gasteiger partial charge in [0, 0.05) is 11.8 Å². The van der Waals surface area contributed by atoms with Crippen LogP contribution in [0, 0.1) is 0 Å². The Labute approximate surface area is 137 Å². The van der Waals surface area contributed by atoms with Crippen LogP contribution in [0.3, 0.4) is 0 Å². The normalized spacial score (nSPS) is 18.9. The van der Waals surface area contributed by atoms with Gasteiger partial charge in [0.15, 0.2) is 0 Å². The molecule has 0 bridgehead atoms. The smallest absolute Gasteiger partial charge is 0.496 e. The molecule has 1 aromatic heterocycles. The van der Waals surface area contributed by atoms with Gasteiger partial charge in [0.1, 0.15) is 5.75 Å². The van der Waals surface area contributed by atoms with E-state index >= 15 is 0 Å². The molecular weight excluding hydrogens is 291 g/mol. The van der Waals surface area contributed by atoms with Crippen LogP contribution in [0.5, 0.6) is 5.75 Å². The van der Waals surface area contributed by atoms with Gasteiger partial charge in [-0.15, -0.1) is 0 Å². The molecule has 23 heavy (non-hydrogen) atoms. The van der Waals surface area contributed by atoms with E-state index in [1.54, 1.807) is 19.5 Å². The number of rotatable bonds is 3. The summed E-state index contributed by atoms with van der Waals surface area (Å²) in [5.41, 5.74) is 1.47. The van der Waals surface area contributed by atoms with Gasteiger partial charge >= 0.3 is 7.12 Å². The quantitative estimate of drug-likeness (QED) is 0.815. The standard InChI is InChI=1S/C17H21BN2O3/c1-16(2)17(3,4)23-18(22-16)15-11-19-10-13(20-15)12-8-6-7-9-14(12)21-5/h6-11H,1-5H3. The fourth-order valence-electron chi connectivity index (χ4n) is 2.44. The van der Waals surface area contributed by atoms with E-state index in [1.807, 2.05) is 52.0 Å². The number of hydrogen-bond donors (Lipinski definition) is 0. The molecule has 0 aliphatic carbocycles. The van der Waals surface area contributed by atoms with Crippen LogP contribution in [0.15, 0.2) is 36.7 Å². The number of nitrogens with zero attached hydrogens (tertiary/aromatic N) is 2. The van der Waals surface area contributed by atoms with Gasteiger partial charge in [-0.25, -0.2) is 0 Å². The first-order valence-corrected chi connectivity index (χ1v) is 7.65. The van der Waals surface area contributed by atoms with Crippen LogP contribution in [0.1, 0.15) is 27.7 Å². The molecule has 120 valence electrons. The molecule has 0 spiro atoms. The van der Waals surface area contributed by atoms with Crippen LogP contribution in [0.2, 0.25) is 0 Å². The molecule has 0 radical (unpaired) electrons. The van der Waals surface area contributed by atoms with Crippen molar-refractivity contribution in [2.45, 2.75) is 38.9 Å². The predicted molar refractivity (Wildman–Crippen MR) is 89.7 cm³/mol. The number of aromatic nitrogens is 2. The maximum Gasteiger partial charge on any atom is 0.516 e. The Hall–Kier alpha value is -1.92. The highest BCUT2D eigenvalue weighted by Gasteiger charge is 2.52. The summed E-state index contributed by atoms with van der Waals surface area (Å²) in [6, 6.07) is 7.73. The molecule has 0 saturated carbocycles. The Balaban J connectivity index is 1.96. The van der Waals surface area contributed by atoms with Crippen molar-refractivity contribution in [2.24, 2.45) is 0 Å². The molecule has 2 aromatic rings. The molecule has 1 fully saturated rings. The summed E-state index contributed by atoms with van der Waals surface area (Å²) < 4.78 is 17.5. The number of hydrogen-bond acceptors (Lipinski definition) is 5. The van der Waals surface area contributed by atoms with E-state index in [2.05, 4.69) is 9.97 Å². The third-order valence-electron chi connectivity index (χ3n) is 4.53. The number of ether oxygens (including phenoxy) is 1. The second kappa shape index (κ2) is 5.62. The predicted octanol–water partition coefficient (Wildman–Crippen LogP) is 2.45. The van der Waals surface area contributed by atoms with Gasteiger partial charge in [-0.05, 0) is 39.8 Å². The molecule has 0 amide bonds. The Morgan fingerprint density at radius 3 is 2.30 bits per heavy atom. The fraction of sp³-hybridized carbons (Fsp3) is 0.412. The van der Waals surface area contributed by atoms with Gasteiger partial charge in [0.25, 0.3) is 0 Å². The molecule has 0 atom stereocenters. The third kappa shape index (κ3) is 2.84. The molecule has 0 unspecified atom stereocenters. The molecule has 1 saturated heterocycles. The SMILES string of the molecule is COc1ccccc1-c1cncc(B2OC(C)(C)C(C)(C)O2)n1. The highest BCUT2D eigenvalue weighted by molar-refractivity contribution is 6.61. The van der Waals surface area contributed by atoms with Crippen molar-refractivity contribution < 1.29 is 14.0 Å². The van der Waals surface area contributed by atoms with Crippen LogP contribution in [-0.2, 0) is 9.31 Å². The van der Waals surface area contributed by atoms with Crippen molar-refractivity contribution in [3.63, 3.8) is 0 Å². The van der Waals surface area contributed by atoms with Crippen molar-refractivity contribution in [1.82, 2.24) is 9.97 Å². The first kappa shape index (κ1) is 16.0. The van der Waals surface area contributed by atoms with E-state index in [1.165, 1.54) is 0 Å². The van der Waals surface area contributed by atoms with E-state index < -0.39 is 18.3 Å². The number of para-hydroxylation sites is 1. The van der Waals surface area contributed by atoms with Gasteiger partial charge in [-0.3, -0.25) is 9.97 Å². The first-order chi connectivity index (χ1) is 10.8. The summed E-state index contributed by atoms with van der Waals surface area (Å²) in [4.78, 5) is 8.97. The van der Waals surface area contributed by atoms with Crippen molar-refractivity contribution >= 4 is 12.7 Å². The minimum atomic E-state index is -0.526. The topological polar surface area (TPSA) is 53.5 Å². The zero-order chi connectivity index (χ0) is 16.7. The Bertz CT molecular complexity index is 702. The maximum atomic E-state index is 6.04. The minimum absolute atomic E-state index is 0.403. The lowest BCUT2D eigenvalue weighted by Crippen LogP contribution is -2.41. The molecule has 3 rings (SSSR count). The molecule has 5 nitrogen and oxygen atoms in total. The number of benzene rings is 1. The summed E-state index contributed by atoms with van der Waals surface area (Å²) in [5.74, 6) is 0.757. The summed E-state index contributed by atoms with van der Waals surface area (Å²) in [6.45, 7) is 8.07. The molecule has 1 aromatic carbocycles. The van der Waals surface area contributed by atoms with E-state index in [4.69, 9.17) is 14.0 Å². The largest absolute Gasteiger partial charge is 0.516 e. The van der Waals surface area contributed by atoms with Crippen LogP contribution >= 0.6 is 0 Å².